The molecule has 1 aliphatic heterocycles. The van der Waals surface area contributed by atoms with Crippen molar-refractivity contribution in [2.24, 2.45) is 0 Å². The lowest BCUT2D eigenvalue weighted by molar-refractivity contribution is 0.681. The average Bonchev–Trinajstić information content (AvgIpc) is 1.94. The highest BCUT2D eigenvalue weighted by Crippen LogP contribution is 2.23. The number of hydrogen-bond donors (Lipinski definition) is 0. The van der Waals surface area contributed by atoms with Gasteiger partial charge in [-0.25, -0.2) is 0 Å². The SMILES string of the molecule is C/C=C/[C@H]1SCCCS1=O. The van der Waals surface area contributed by atoms with Crippen molar-refractivity contribution in [3.05, 3.63) is 12.2 Å². The van der Waals surface area contributed by atoms with Crippen molar-refractivity contribution >= 4 is 22.6 Å². The van der Waals surface area contributed by atoms with Crippen LogP contribution in [0.5, 0.6) is 0 Å². The van der Waals surface area contributed by atoms with Crippen LogP contribution in [0.3, 0.4) is 0 Å². The summed E-state index contributed by atoms with van der Waals surface area (Å²) in [5.74, 6) is 2.06. The molecule has 1 unspecified atom stereocenters. The maximum Gasteiger partial charge on any atom is 0.0981 e. The largest absolute Gasteiger partial charge is 0.258 e. The predicted molar refractivity (Wildman–Crippen MR) is 48.7 cm³/mol. The first-order valence-electron chi connectivity index (χ1n) is 3.46. The Bertz CT molecular complexity index is 154. The molecule has 10 heavy (non-hydrogen) atoms. The Morgan fingerprint density at radius 2 is 2.50 bits per heavy atom. The molecule has 1 fully saturated rings. The summed E-state index contributed by atoms with van der Waals surface area (Å²) in [7, 11) is -0.602. The van der Waals surface area contributed by atoms with Crippen LogP contribution >= 0.6 is 11.8 Å². The Balaban J connectivity index is 2.48. The van der Waals surface area contributed by atoms with E-state index in [0.29, 0.717) is 0 Å². The molecule has 3 heteroatoms. The summed E-state index contributed by atoms with van der Waals surface area (Å²) in [6.07, 6.45) is 5.14. The lowest BCUT2D eigenvalue weighted by Crippen LogP contribution is -2.17. The monoisotopic (exact) mass is 176 g/mol. The highest BCUT2D eigenvalue weighted by atomic mass is 32.2. The van der Waals surface area contributed by atoms with Gasteiger partial charge >= 0.3 is 0 Å². The van der Waals surface area contributed by atoms with E-state index in [2.05, 4.69) is 0 Å². The van der Waals surface area contributed by atoms with Crippen molar-refractivity contribution in [2.75, 3.05) is 11.5 Å². The van der Waals surface area contributed by atoms with Crippen LogP contribution in [0.15, 0.2) is 12.2 Å². The van der Waals surface area contributed by atoms with Crippen LogP contribution in [-0.4, -0.2) is 20.3 Å². The zero-order valence-corrected chi connectivity index (χ0v) is 7.71. The highest BCUT2D eigenvalue weighted by molar-refractivity contribution is 8.12. The van der Waals surface area contributed by atoms with Crippen molar-refractivity contribution in [3.63, 3.8) is 0 Å². The molecule has 1 heterocycles. The van der Waals surface area contributed by atoms with E-state index in [0.717, 1.165) is 12.2 Å². The third-order valence-electron chi connectivity index (χ3n) is 1.38. The van der Waals surface area contributed by atoms with Gasteiger partial charge in [0.25, 0.3) is 0 Å². The lowest BCUT2D eigenvalue weighted by atomic mass is 10.6. The van der Waals surface area contributed by atoms with E-state index in [1.165, 1.54) is 5.75 Å². The second-order valence-electron chi connectivity index (χ2n) is 2.20. The molecule has 1 nitrogen and oxygen atoms in total. The maximum absolute atomic E-state index is 11.2. The Hall–Kier alpha value is 0.240. The molecule has 0 spiro atoms. The molecule has 0 aromatic heterocycles. The third-order valence-corrected chi connectivity index (χ3v) is 4.81. The fraction of sp³-hybridized carbons (Fsp3) is 0.714. The van der Waals surface area contributed by atoms with Gasteiger partial charge in [-0.1, -0.05) is 12.2 Å². The molecule has 0 saturated carbocycles. The van der Waals surface area contributed by atoms with Gasteiger partial charge in [-0.05, 0) is 19.1 Å². The third kappa shape index (κ3) is 2.13. The molecule has 0 radical (unpaired) electrons. The van der Waals surface area contributed by atoms with E-state index < -0.39 is 10.8 Å². The molecule has 1 aliphatic rings. The number of hydrogen-bond acceptors (Lipinski definition) is 2. The lowest BCUT2D eigenvalue weighted by Gasteiger charge is -2.16. The van der Waals surface area contributed by atoms with Gasteiger partial charge in [0.1, 0.15) is 0 Å². The molecule has 0 bridgehead atoms. The molecule has 0 aromatic carbocycles. The van der Waals surface area contributed by atoms with E-state index in [9.17, 15) is 4.21 Å². The summed E-state index contributed by atoms with van der Waals surface area (Å²) in [5, 5.41) is 0. The van der Waals surface area contributed by atoms with Crippen molar-refractivity contribution in [2.45, 2.75) is 17.9 Å². The van der Waals surface area contributed by atoms with E-state index in [-0.39, 0.29) is 4.58 Å². The average molecular weight is 176 g/mol. The van der Waals surface area contributed by atoms with E-state index in [4.69, 9.17) is 0 Å². The first kappa shape index (κ1) is 8.34. The van der Waals surface area contributed by atoms with Gasteiger partial charge in [0.05, 0.1) is 4.58 Å². The molecular formula is C7H12OS2. The number of allylic oxidation sites excluding steroid dienone is 1. The van der Waals surface area contributed by atoms with Crippen LogP contribution in [0.1, 0.15) is 13.3 Å². The van der Waals surface area contributed by atoms with Crippen molar-refractivity contribution in [1.29, 1.82) is 0 Å². The summed E-state index contributed by atoms with van der Waals surface area (Å²) in [6.45, 7) is 1.98. The summed E-state index contributed by atoms with van der Waals surface area (Å²) in [4.78, 5) is 0. The fourth-order valence-corrected chi connectivity index (χ4v) is 4.07. The molecule has 0 N–H and O–H groups in total. The molecule has 1 saturated heterocycles. The summed E-state index contributed by atoms with van der Waals surface area (Å²) < 4.78 is 11.5. The van der Waals surface area contributed by atoms with Crippen LogP contribution in [0.2, 0.25) is 0 Å². The second-order valence-corrected chi connectivity index (χ2v) is 5.43. The predicted octanol–water partition coefficient (Wildman–Crippen LogP) is 1.77. The standard InChI is InChI=1S/C7H12OS2/c1-2-4-7-9-5-3-6-10(7)8/h2,4,7H,3,5-6H2,1H3/b4-2+/t7-,10?/m0/s1. The van der Waals surface area contributed by atoms with Crippen molar-refractivity contribution < 1.29 is 4.21 Å². The molecular weight excluding hydrogens is 164 g/mol. The molecule has 0 aliphatic carbocycles. The molecule has 1 rings (SSSR count). The fourth-order valence-electron chi connectivity index (χ4n) is 0.893. The van der Waals surface area contributed by atoms with Crippen LogP contribution in [0, 0.1) is 0 Å². The topological polar surface area (TPSA) is 17.1 Å². The minimum Gasteiger partial charge on any atom is -0.258 e. The Labute approximate surface area is 68.7 Å². The van der Waals surface area contributed by atoms with Crippen LogP contribution in [0.25, 0.3) is 0 Å². The Morgan fingerprint density at radius 1 is 1.70 bits per heavy atom. The first-order chi connectivity index (χ1) is 4.84. The highest BCUT2D eigenvalue weighted by Gasteiger charge is 2.17. The smallest absolute Gasteiger partial charge is 0.0981 e. The van der Waals surface area contributed by atoms with Crippen molar-refractivity contribution in [3.8, 4) is 0 Å². The zero-order valence-electron chi connectivity index (χ0n) is 6.08. The zero-order chi connectivity index (χ0) is 7.40. The molecule has 2 atom stereocenters. The van der Waals surface area contributed by atoms with Gasteiger partial charge in [-0.3, -0.25) is 4.21 Å². The summed E-state index contributed by atoms with van der Waals surface area (Å²) in [5.41, 5.74) is 0. The van der Waals surface area contributed by atoms with Gasteiger partial charge in [0.15, 0.2) is 0 Å². The second kappa shape index (κ2) is 4.19. The normalized spacial score (nSPS) is 34.9. The first-order valence-corrected chi connectivity index (χ1v) is 5.89. The quantitative estimate of drug-likeness (QED) is 0.566. The minimum atomic E-state index is -0.602. The van der Waals surface area contributed by atoms with Crippen molar-refractivity contribution in [1.82, 2.24) is 0 Å². The van der Waals surface area contributed by atoms with Crippen LogP contribution < -0.4 is 0 Å². The maximum atomic E-state index is 11.2. The van der Waals surface area contributed by atoms with E-state index in [1.54, 1.807) is 0 Å². The van der Waals surface area contributed by atoms with Gasteiger partial charge in [-0.15, -0.1) is 11.8 Å². The summed E-state index contributed by atoms with van der Waals surface area (Å²) >= 11 is 1.81. The summed E-state index contributed by atoms with van der Waals surface area (Å²) in [6, 6.07) is 0. The Morgan fingerprint density at radius 3 is 3.10 bits per heavy atom. The number of rotatable bonds is 1. The molecule has 0 amide bonds. The van der Waals surface area contributed by atoms with Crippen LogP contribution in [-0.2, 0) is 10.8 Å². The van der Waals surface area contributed by atoms with E-state index in [1.807, 2.05) is 30.8 Å². The van der Waals surface area contributed by atoms with Gasteiger partial charge in [0.2, 0.25) is 0 Å². The number of thioether (sulfide) groups is 1. The minimum absolute atomic E-state index is 0.277. The van der Waals surface area contributed by atoms with Gasteiger partial charge in [0, 0.05) is 16.6 Å². The Kier molecular flexibility index (Phi) is 3.49. The van der Waals surface area contributed by atoms with Gasteiger partial charge in [-0.2, -0.15) is 0 Å². The van der Waals surface area contributed by atoms with E-state index >= 15 is 0 Å². The molecule has 0 aromatic rings. The molecule has 58 valence electrons. The van der Waals surface area contributed by atoms with Crippen LogP contribution in [0.4, 0.5) is 0 Å². The van der Waals surface area contributed by atoms with Gasteiger partial charge < -0.3 is 0 Å².